The van der Waals surface area contributed by atoms with Gasteiger partial charge in [-0.1, -0.05) is 17.7 Å². The van der Waals surface area contributed by atoms with Crippen molar-refractivity contribution in [3.63, 3.8) is 0 Å². The maximum atomic E-state index is 11.1. The van der Waals surface area contributed by atoms with Crippen LogP contribution >= 0.6 is 10.7 Å². The van der Waals surface area contributed by atoms with Gasteiger partial charge in [-0.25, -0.2) is 8.42 Å². The average molecular weight is 282 g/mol. The molecule has 0 unspecified atom stereocenters. The van der Waals surface area contributed by atoms with Crippen molar-refractivity contribution >= 4 is 19.7 Å². The number of rotatable bonds is 2. The highest BCUT2D eigenvalue weighted by Crippen LogP contribution is 2.24. The third kappa shape index (κ3) is 2.71. The molecule has 0 atom stereocenters. The van der Waals surface area contributed by atoms with Gasteiger partial charge >= 0.3 is 0 Å². The Hall–Kier alpha value is -1.39. The molecule has 94 valence electrons. The molecule has 0 saturated heterocycles. The van der Waals surface area contributed by atoms with E-state index >= 15 is 0 Å². The summed E-state index contributed by atoms with van der Waals surface area (Å²) in [5.74, 6) is 0. The Morgan fingerprint density at radius 1 is 1.11 bits per heavy atom. The third-order valence-electron chi connectivity index (χ3n) is 2.69. The Balaban J connectivity index is 2.50. The van der Waals surface area contributed by atoms with Gasteiger partial charge in [0.15, 0.2) is 0 Å². The quantitative estimate of drug-likeness (QED) is 0.794. The van der Waals surface area contributed by atoms with Gasteiger partial charge in [0.2, 0.25) is 0 Å². The Labute approximate surface area is 111 Å². The molecule has 0 radical (unpaired) electrons. The number of hydrogen-bond acceptors (Lipinski definition) is 3. The predicted octanol–water partition coefficient (Wildman–Crippen LogP) is 3.29. The summed E-state index contributed by atoms with van der Waals surface area (Å²) in [6, 6.07) is 9.19. The van der Waals surface area contributed by atoms with Crippen molar-refractivity contribution in [3.05, 3.63) is 47.7 Å². The SMILES string of the molecule is Cc1ccc(C)c(-c2ccc(S(=O)(=O)Cl)cn2)c1. The van der Waals surface area contributed by atoms with Crippen molar-refractivity contribution in [2.24, 2.45) is 0 Å². The van der Waals surface area contributed by atoms with Crippen molar-refractivity contribution < 1.29 is 8.42 Å². The normalized spacial score (nSPS) is 11.5. The zero-order valence-corrected chi connectivity index (χ0v) is 11.6. The van der Waals surface area contributed by atoms with Crippen molar-refractivity contribution in [2.75, 3.05) is 0 Å². The van der Waals surface area contributed by atoms with Crippen LogP contribution in [0.15, 0.2) is 41.4 Å². The van der Waals surface area contributed by atoms with Gasteiger partial charge in [0.05, 0.1) is 5.69 Å². The molecular weight excluding hydrogens is 270 g/mol. The summed E-state index contributed by atoms with van der Waals surface area (Å²) in [7, 11) is 1.54. The molecule has 0 N–H and O–H groups in total. The molecule has 1 aromatic carbocycles. The van der Waals surface area contributed by atoms with Gasteiger partial charge in [0.25, 0.3) is 9.05 Å². The van der Waals surface area contributed by atoms with E-state index in [1.165, 1.54) is 12.3 Å². The Morgan fingerprint density at radius 3 is 2.39 bits per heavy atom. The van der Waals surface area contributed by atoms with Crippen LogP contribution in [-0.2, 0) is 9.05 Å². The zero-order chi connectivity index (χ0) is 13.3. The highest BCUT2D eigenvalue weighted by atomic mass is 35.7. The minimum atomic E-state index is -3.71. The number of benzene rings is 1. The summed E-state index contributed by atoms with van der Waals surface area (Å²) < 4.78 is 22.3. The van der Waals surface area contributed by atoms with Crippen LogP contribution in [0.2, 0.25) is 0 Å². The molecule has 2 aromatic rings. The summed E-state index contributed by atoms with van der Waals surface area (Å²) in [5, 5.41) is 0. The van der Waals surface area contributed by atoms with E-state index in [4.69, 9.17) is 10.7 Å². The number of pyridine rings is 1. The fourth-order valence-electron chi connectivity index (χ4n) is 1.70. The van der Waals surface area contributed by atoms with Crippen LogP contribution in [0.3, 0.4) is 0 Å². The molecule has 0 spiro atoms. The number of hydrogen-bond donors (Lipinski definition) is 0. The molecule has 0 bridgehead atoms. The summed E-state index contributed by atoms with van der Waals surface area (Å²) in [6.07, 6.45) is 1.28. The maximum Gasteiger partial charge on any atom is 0.262 e. The molecule has 0 amide bonds. The topological polar surface area (TPSA) is 47.0 Å². The van der Waals surface area contributed by atoms with Crippen molar-refractivity contribution in [1.29, 1.82) is 0 Å². The van der Waals surface area contributed by atoms with E-state index in [0.717, 1.165) is 22.4 Å². The smallest absolute Gasteiger partial charge is 0.255 e. The van der Waals surface area contributed by atoms with E-state index in [9.17, 15) is 8.42 Å². The monoisotopic (exact) mass is 281 g/mol. The summed E-state index contributed by atoms with van der Waals surface area (Å²) in [5.41, 5.74) is 3.95. The van der Waals surface area contributed by atoms with E-state index in [-0.39, 0.29) is 4.90 Å². The Bertz CT molecular complexity index is 679. The molecule has 0 aliphatic carbocycles. The molecule has 1 heterocycles. The molecule has 0 aliphatic rings. The van der Waals surface area contributed by atoms with E-state index in [1.54, 1.807) is 6.07 Å². The molecular formula is C13H12ClNO2S. The Kier molecular flexibility index (Phi) is 3.41. The number of aromatic nitrogens is 1. The number of nitrogens with zero attached hydrogens (tertiary/aromatic N) is 1. The zero-order valence-electron chi connectivity index (χ0n) is 10.0. The van der Waals surface area contributed by atoms with E-state index in [2.05, 4.69) is 4.98 Å². The van der Waals surface area contributed by atoms with Crippen LogP contribution in [0, 0.1) is 13.8 Å². The maximum absolute atomic E-state index is 11.1. The van der Waals surface area contributed by atoms with Crippen molar-refractivity contribution in [2.45, 2.75) is 18.7 Å². The fraction of sp³-hybridized carbons (Fsp3) is 0.154. The molecule has 3 nitrogen and oxygen atoms in total. The second kappa shape index (κ2) is 4.71. The van der Waals surface area contributed by atoms with Crippen LogP contribution in [0.5, 0.6) is 0 Å². The number of halogens is 1. The molecule has 5 heteroatoms. The average Bonchev–Trinajstić information content (AvgIpc) is 2.31. The second-order valence-corrected chi connectivity index (χ2v) is 6.70. The van der Waals surface area contributed by atoms with Gasteiger partial charge in [0, 0.05) is 22.4 Å². The molecule has 0 aliphatic heterocycles. The van der Waals surface area contributed by atoms with Crippen LogP contribution in [0.1, 0.15) is 11.1 Å². The van der Waals surface area contributed by atoms with Crippen molar-refractivity contribution in [1.82, 2.24) is 4.98 Å². The number of aryl methyl sites for hydroxylation is 2. The van der Waals surface area contributed by atoms with Gasteiger partial charge in [-0.15, -0.1) is 0 Å². The third-order valence-corrected chi connectivity index (χ3v) is 4.03. The first kappa shape index (κ1) is 13.1. The lowest BCUT2D eigenvalue weighted by Crippen LogP contribution is -1.93. The highest BCUT2D eigenvalue weighted by Gasteiger charge is 2.11. The molecule has 1 aromatic heterocycles. The highest BCUT2D eigenvalue weighted by molar-refractivity contribution is 8.13. The summed E-state index contributed by atoms with van der Waals surface area (Å²) in [6.45, 7) is 3.99. The van der Waals surface area contributed by atoms with Gasteiger partial charge < -0.3 is 0 Å². The molecule has 2 rings (SSSR count). The van der Waals surface area contributed by atoms with E-state index < -0.39 is 9.05 Å². The lowest BCUT2D eigenvalue weighted by atomic mass is 10.0. The largest absolute Gasteiger partial charge is 0.262 e. The standard InChI is InChI=1S/C13H12ClNO2S/c1-9-3-4-10(2)12(7-9)13-6-5-11(8-15-13)18(14,16)17/h3-8H,1-2H3. The van der Waals surface area contributed by atoms with Gasteiger partial charge in [-0.3, -0.25) is 4.98 Å². The van der Waals surface area contributed by atoms with Crippen LogP contribution in [0.4, 0.5) is 0 Å². The lowest BCUT2D eigenvalue weighted by molar-refractivity contribution is 0.609. The van der Waals surface area contributed by atoms with E-state index in [0.29, 0.717) is 0 Å². The minimum absolute atomic E-state index is 0.0122. The first-order valence-corrected chi connectivity index (χ1v) is 7.67. The first-order chi connectivity index (χ1) is 8.38. The molecule has 0 fully saturated rings. The Morgan fingerprint density at radius 2 is 1.83 bits per heavy atom. The van der Waals surface area contributed by atoms with Crippen LogP contribution in [-0.4, -0.2) is 13.4 Å². The minimum Gasteiger partial charge on any atom is -0.255 e. The first-order valence-electron chi connectivity index (χ1n) is 5.36. The van der Waals surface area contributed by atoms with Gasteiger partial charge in [-0.2, -0.15) is 0 Å². The van der Waals surface area contributed by atoms with Crippen molar-refractivity contribution in [3.8, 4) is 11.3 Å². The van der Waals surface area contributed by atoms with E-state index in [1.807, 2.05) is 32.0 Å². The second-order valence-electron chi connectivity index (χ2n) is 4.14. The van der Waals surface area contributed by atoms with Gasteiger partial charge in [-0.05, 0) is 37.6 Å². The summed E-state index contributed by atoms with van der Waals surface area (Å²) in [4.78, 5) is 4.17. The van der Waals surface area contributed by atoms with Crippen LogP contribution < -0.4 is 0 Å². The lowest BCUT2D eigenvalue weighted by Gasteiger charge is -2.06. The van der Waals surface area contributed by atoms with Gasteiger partial charge in [0.1, 0.15) is 4.90 Å². The molecule has 0 saturated carbocycles. The summed E-state index contributed by atoms with van der Waals surface area (Å²) >= 11 is 0. The van der Waals surface area contributed by atoms with Crippen LogP contribution in [0.25, 0.3) is 11.3 Å². The predicted molar refractivity (Wildman–Crippen MR) is 72.2 cm³/mol. The fourth-order valence-corrected chi connectivity index (χ4v) is 2.38. The molecule has 18 heavy (non-hydrogen) atoms.